The van der Waals surface area contributed by atoms with Gasteiger partial charge in [0.25, 0.3) is 0 Å². The van der Waals surface area contributed by atoms with Crippen molar-refractivity contribution < 1.29 is 4.79 Å². The molecule has 0 saturated heterocycles. The van der Waals surface area contributed by atoms with E-state index in [0.29, 0.717) is 5.96 Å². The Balaban J connectivity index is 0.000000477. The van der Waals surface area contributed by atoms with Crippen molar-refractivity contribution in [2.75, 3.05) is 13.1 Å². The number of hydrogen-bond acceptors (Lipinski definition) is 5. The molecule has 0 radical (unpaired) electrons. The van der Waals surface area contributed by atoms with Crippen LogP contribution >= 0.6 is 17.0 Å². The van der Waals surface area contributed by atoms with Crippen molar-refractivity contribution in [3.8, 4) is 0 Å². The maximum atomic E-state index is 11.9. The molecule has 2 aromatic rings. The first kappa shape index (κ1) is 25.3. The average molecular weight is 471 g/mol. The van der Waals surface area contributed by atoms with Gasteiger partial charge in [0.05, 0.1) is 6.54 Å². The summed E-state index contributed by atoms with van der Waals surface area (Å²) < 4.78 is 0. The molecule has 0 bridgehead atoms. The zero-order chi connectivity index (χ0) is 20.9. The van der Waals surface area contributed by atoms with E-state index in [2.05, 4.69) is 53.8 Å². The number of guanidine groups is 1. The minimum absolute atomic E-state index is 0. The number of carbonyl (C=O) groups is 1. The van der Waals surface area contributed by atoms with Gasteiger partial charge in [0, 0.05) is 6.54 Å². The minimum atomic E-state index is -0.000800. The molecule has 3 rings (SSSR count). The van der Waals surface area contributed by atoms with E-state index in [0.717, 1.165) is 37.1 Å². The highest BCUT2D eigenvalue weighted by Gasteiger charge is 1.98. The first-order valence-corrected chi connectivity index (χ1v) is 9.97. The lowest BCUT2D eigenvalue weighted by atomic mass is 10.1. The van der Waals surface area contributed by atoms with E-state index < -0.39 is 0 Å². The van der Waals surface area contributed by atoms with Crippen molar-refractivity contribution in [1.82, 2.24) is 10.7 Å². The summed E-state index contributed by atoms with van der Waals surface area (Å²) in [6.45, 7) is 6.00. The van der Waals surface area contributed by atoms with Crippen molar-refractivity contribution in [1.29, 1.82) is 0 Å². The van der Waals surface area contributed by atoms with Gasteiger partial charge in [-0.3, -0.25) is 15.2 Å². The number of halogens is 1. The van der Waals surface area contributed by atoms with Crippen molar-refractivity contribution in [2.45, 2.75) is 26.7 Å². The normalized spacial score (nSPS) is 12.6. The van der Waals surface area contributed by atoms with Crippen LogP contribution in [0.15, 0.2) is 65.7 Å². The molecule has 1 aliphatic heterocycles. The number of allylic oxidation sites excluding steroid dienone is 2. The standard InChI is InChI=1S/C21H22O.C3H8N4.BrH/c1-3-17-5-9-19(10-6-17)13-15-21(22)16-14-20-11-7-18(4-2)8-12-20;4-7-3-5-1-2-6-3;/h5-16H,3-4H2,1-2H3;1-2,4H2,(H2,5,6,7);1H. The molecule has 2 aromatic carbocycles. The lowest BCUT2D eigenvalue weighted by Gasteiger charge is -1.97. The van der Waals surface area contributed by atoms with Crippen LogP contribution in [0, 0.1) is 0 Å². The zero-order valence-corrected chi connectivity index (χ0v) is 19.3. The van der Waals surface area contributed by atoms with Crippen molar-refractivity contribution >= 4 is 40.9 Å². The summed E-state index contributed by atoms with van der Waals surface area (Å²) in [6.07, 6.45) is 8.99. The van der Waals surface area contributed by atoms with Crippen LogP contribution < -0.4 is 16.6 Å². The topological polar surface area (TPSA) is 79.5 Å². The second-order valence-electron chi connectivity index (χ2n) is 6.56. The number of aryl methyl sites for hydroxylation is 2. The van der Waals surface area contributed by atoms with Gasteiger partial charge in [-0.2, -0.15) is 0 Å². The Morgan fingerprint density at radius 1 is 0.967 bits per heavy atom. The number of aliphatic imine (C=N–C) groups is 1. The molecule has 1 heterocycles. The SMILES string of the molecule is Br.CCc1ccc(C=CC(=O)C=Cc2ccc(CC)cc2)cc1.NNC1=NCCN1. The Kier molecular flexibility index (Phi) is 12.1. The number of rotatable bonds is 6. The second-order valence-corrected chi connectivity index (χ2v) is 6.56. The van der Waals surface area contributed by atoms with Gasteiger partial charge in [-0.05, 0) is 47.2 Å². The molecule has 0 aliphatic carbocycles. The number of ketones is 1. The van der Waals surface area contributed by atoms with Gasteiger partial charge in [-0.1, -0.05) is 74.5 Å². The maximum absolute atomic E-state index is 11.9. The summed E-state index contributed by atoms with van der Waals surface area (Å²) in [5.74, 6) is 5.68. The summed E-state index contributed by atoms with van der Waals surface area (Å²) in [6, 6.07) is 16.5. The highest BCUT2D eigenvalue weighted by molar-refractivity contribution is 8.93. The van der Waals surface area contributed by atoms with Crippen LogP contribution in [0.3, 0.4) is 0 Å². The van der Waals surface area contributed by atoms with Gasteiger partial charge in [0.15, 0.2) is 5.78 Å². The molecular weight excluding hydrogens is 440 g/mol. The van der Waals surface area contributed by atoms with Crippen molar-refractivity contribution in [3.05, 3.63) is 82.9 Å². The van der Waals surface area contributed by atoms with E-state index in [9.17, 15) is 4.79 Å². The number of nitrogens with zero attached hydrogens (tertiary/aromatic N) is 1. The molecule has 30 heavy (non-hydrogen) atoms. The van der Waals surface area contributed by atoms with Gasteiger partial charge >= 0.3 is 0 Å². The molecule has 0 unspecified atom stereocenters. The molecule has 0 spiro atoms. The number of benzene rings is 2. The van der Waals surface area contributed by atoms with E-state index in [1.54, 1.807) is 12.2 Å². The molecule has 0 saturated carbocycles. The van der Waals surface area contributed by atoms with Crippen LogP contribution in [0.2, 0.25) is 0 Å². The smallest absolute Gasteiger partial charge is 0.205 e. The molecule has 6 heteroatoms. The summed E-state index contributed by atoms with van der Waals surface area (Å²) in [7, 11) is 0. The minimum Gasteiger partial charge on any atom is -0.353 e. The van der Waals surface area contributed by atoms with Gasteiger partial charge in [-0.25, -0.2) is 5.84 Å². The fraction of sp³-hybridized carbons (Fsp3) is 0.250. The molecule has 0 fully saturated rings. The van der Waals surface area contributed by atoms with Crippen molar-refractivity contribution in [2.24, 2.45) is 10.8 Å². The third-order valence-electron chi connectivity index (χ3n) is 4.47. The third kappa shape index (κ3) is 9.20. The molecule has 0 aromatic heterocycles. The van der Waals surface area contributed by atoms with Gasteiger partial charge < -0.3 is 5.32 Å². The van der Waals surface area contributed by atoms with Gasteiger partial charge in [-0.15, -0.1) is 17.0 Å². The Hall–Kier alpha value is -2.70. The molecule has 1 aliphatic rings. The maximum Gasteiger partial charge on any atom is 0.205 e. The Morgan fingerprint density at radius 3 is 1.73 bits per heavy atom. The number of nitrogens with two attached hydrogens (primary N) is 1. The summed E-state index contributed by atoms with van der Waals surface area (Å²) in [5, 5.41) is 2.92. The highest BCUT2D eigenvalue weighted by atomic mass is 79.9. The van der Waals surface area contributed by atoms with Crippen LogP contribution in [0.1, 0.15) is 36.1 Å². The number of carbonyl (C=O) groups excluding carboxylic acids is 1. The molecule has 5 nitrogen and oxygen atoms in total. The Labute approximate surface area is 189 Å². The molecule has 0 amide bonds. The largest absolute Gasteiger partial charge is 0.353 e. The first-order valence-electron chi connectivity index (χ1n) is 9.97. The number of hydrazine groups is 1. The fourth-order valence-electron chi connectivity index (χ4n) is 2.64. The summed E-state index contributed by atoms with van der Waals surface area (Å²) in [5.41, 5.74) is 7.11. The second kappa shape index (κ2) is 14.3. The van der Waals surface area contributed by atoms with E-state index in [1.807, 2.05) is 36.4 Å². The predicted molar refractivity (Wildman–Crippen MR) is 133 cm³/mol. The van der Waals surface area contributed by atoms with Crippen LogP contribution in [0.5, 0.6) is 0 Å². The monoisotopic (exact) mass is 470 g/mol. The first-order chi connectivity index (χ1) is 14.1. The summed E-state index contributed by atoms with van der Waals surface area (Å²) in [4.78, 5) is 15.8. The quantitative estimate of drug-likeness (QED) is 0.337. The third-order valence-corrected chi connectivity index (χ3v) is 4.47. The van der Waals surface area contributed by atoms with E-state index >= 15 is 0 Å². The molecule has 4 N–H and O–H groups in total. The molecular formula is C24H31BrN4O. The van der Waals surface area contributed by atoms with Crippen LogP contribution in [-0.2, 0) is 17.6 Å². The molecule has 160 valence electrons. The van der Waals surface area contributed by atoms with E-state index in [-0.39, 0.29) is 22.8 Å². The van der Waals surface area contributed by atoms with Crippen LogP contribution in [0.4, 0.5) is 0 Å². The Morgan fingerprint density at radius 2 is 1.43 bits per heavy atom. The fourth-order valence-corrected chi connectivity index (χ4v) is 2.64. The van der Waals surface area contributed by atoms with Crippen LogP contribution in [0.25, 0.3) is 12.2 Å². The Bertz CT molecular complexity index is 796. The number of nitrogens with one attached hydrogen (secondary N) is 2. The zero-order valence-electron chi connectivity index (χ0n) is 17.6. The van der Waals surface area contributed by atoms with Crippen molar-refractivity contribution in [3.63, 3.8) is 0 Å². The number of hydrogen-bond donors (Lipinski definition) is 3. The van der Waals surface area contributed by atoms with Gasteiger partial charge in [0.2, 0.25) is 5.96 Å². The predicted octanol–water partition coefficient (Wildman–Crippen LogP) is 4.09. The highest BCUT2D eigenvalue weighted by Crippen LogP contribution is 2.08. The van der Waals surface area contributed by atoms with E-state index in [1.165, 1.54) is 11.1 Å². The molecule has 0 atom stereocenters. The van der Waals surface area contributed by atoms with Gasteiger partial charge in [0.1, 0.15) is 0 Å². The van der Waals surface area contributed by atoms with E-state index in [4.69, 9.17) is 5.84 Å². The average Bonchev–Trinajstić information content (AvgIpc) is 3.31. The summed E-state index contributed by atoms with van der Waals surface area (Å²) >= 11 is 0. The lowest BCUT2D eigenvalue weighted by Crippen LogP contribution is -2.38. The van der Waals surface area contributed by atoms with Crippen LogP contribution in [-0.4, -0.2) is 24.8 Å². The lowest BCUT2D eigenvalue weighted by molar-refractivity contribution is -0.110.